The first kappa shape index (κ1) is 15.0. The minimum atomic E-state index is 0.543. The first-order chi connectivity index (χ1) is 9.83. The zero-order valence-electron chi connectivity index (χ0n) is 12.2. The number of aromatic nitrogens is 1. The summed E-state index contributed by atoms with van der Waals surface area (Å²) in [6.45, 7) is 6.71. The van der Waals surface area contributed by atoms with Crippen LogP contribution in [0.2, 0.25) is 0 Å². The predicted molar refractivity (Wildman–Crippen MR) is 84.3 cm³/mol. The molecule has 0 spiro atoms. The highest BCUT2D eigenvalue weighted by atomic mass is 32.1. The Morgan fingerprint density at radius 3 is 2.85 bits per heavy atom. The van der Waals surface area contributed by atoms with Crippen LogP contribution >= 0.6 is 11.3 Å². The first-order valence-corrected chi connectivity index (χ1v) is 8.06. The number of para-hydroxylation sites is 1. The fraction of sp³-hybridized carbons (Fsp3) is 0.438. The van der Waals surface area contributed by atoms with Crippen molar-refractivity contribution in [3.8, 4) is 5.75 Å². The standard InChI is InChI=1S/C16H22N2OS/c1-3-9-17-10-13-7-5-6-8-15(13)19-11-14-12-20-16(4-2)18-14/h5-8,12,17H,3-4,9-11H2,1-2H3. The molecule has 0 bridgehead atoms. The summed E-state index contributed by atoms with van der Waals surface area (Å²) in [5, 5.41) is 6.66. The van der Waals surface area contributed by atoms with Gasteiger partial charge in [0.2, 0.25) is 0 Å². The van der Waals surface area contributed by atoms with Gasteiger partial charge in [-0.2, -0.15) is 0 Å². The highest BCUT2D eigenvalue weighted by molar-refractivity contribution is 7.09. The fourth-order valence-electron chi connectivity index (χ4n) is 1.92. The lowest BCUT2D eigenvalue weighted by atomic mass is 10.2. The predicted octanol–water partition coefficient (Wildman–Crippen LogP) is 3.78. The quantitative estimate of drug-likeness (QED) is 0.751. The van der Waals surface area contributed by atoms with Crippen LogP contribution in [-0.4, -0.2) is 11.5 Å². The van der Waals surface area contributed by atoms with Crippen LogP contribution in [0.15, 0.2) is 29.6 Å². The molecule has 0 amide bonds. The highest BCUT2D eigenvalue weighted by Gasteiger charge is 2.05. The Hall–Kier alpha value is -1.39. The van der Waals surface area contributed by atoms with E-state index >= 15 is 0 Å². The lowest BCUT2D eigenvalue weighted by Gasteiger charge is -2.11. The van der Waals surface area contributed by atoms with Crippen LogP contribution in [0, 0.1) is 0 Å². The Labute approximate surface area is 125 Å². The van der Waals surface area contributed by atoms with E-state index in [9.17, 15) is 0 Å². The smallest absolute Gasteiger partial charge is 0.131 e. The van der Waals surface area contributed by atoms with Gasteiger partial charge in [0, 0.05) is 17.5 Å². The molecular formula is C16H22N2OS. The minimum Gasteiger partial charge on any atom is -0.487 e. The fourth-order valence-corrected chi connectivity index (χ4v) is 2.65. The van der Waals surface area contributed by atoms with E-state index in [0.717, 1.165) is 37.4 Å². The topological polar surface area (TPSA) is 34.1 Å². The van der Waals surface area contributed by atoms with Gasteiger partial charge >= 0.3 is 0 Å². The Balaban J connectivity index is 1.94. The maximum atomic E-state index is 5.92. The second-order valence-electron chi connectivity index (χ2n) is 4.66. The van der Waals surface area contributed by atoms with Crippen molar-refractivity contribution < 1.29 is 4.74 Å². The molecule has 0 aliphatic heterocycles. The summed E-state index contributed by atoms with van der Waals surface area (Å²) in [5.74, 6) is 0.946. The molecule has 108 valence electrons. The van der Waals surface area contributed by atoms with Gasteiger partial charge in [0.1, 0.15) is 12.4 Å². The molecule has 2 aromatic rings. The van der Waals surface area contributed by atoms with Crippen molar-refractivity contribution in [2.45, 2.75) is 39.8 Å². The van der Waals surface area contributed by atoms with Crippen molar-refractivity contribution in [2.24, 2.45) is 0 Å². The normalized spacial score (nSPS) is 10.7. The third kappa shape index (κ3) is 4.32. The molecule has 0 saturated heterocycles. The number of benzene rings is 1. The van der Waals surface area contributed by atoms with E-state index in [1.807, 2.05) is 18.2 Å². The molecule has 0 radical (unpaired) electrons. The molecule has 1 N–H and O–H groups in total. The zero-order valence-corrected chi connectivity index (χ0v) is 13.0. The summed E-state index contributed by atoms with van der Waals surface area (Å²) in [6, 6.07) is 8.19. The van der Waals surface area contributed by atoms with Gasteiger partial charge in [-0.3, -0.25) is 0 Å². The Morgan fingerprint density at radius 2 is 2.10 bits per heavy atom. The molecule has 0 aliphatic rings. The number of ether oxygens (including phenoxy) is 1. The molecule has 3 nitrogen and oxygen atoms in total. The molecule has 4 heteroatoms. The van der Waals surface area contributed by atoms with Gasteiger partial charge in [-0.25, -0.2) is 4.98 Å². The van der Waals surface area contributed by atoms with E-state index < -0.39 is 0 Å². The van der Waals surface area contributed by atoms with Gasteiger partial charge in [-0.05, 0) is 25.5 Å². The first-order valence-electron chi connectivity index (χ1n) is 7.18. The van der Waals surface area contributed by atoms with Crippen LogP contribution in [0.5, 0.6) is 5.75 Å². The molecule has 0 saturated carbocycles. The van der Waals surface area contributed by atoms with E-state index in [0.29, 0.717) is 6.61 Å². The van der Waals surface area contributed by atoms with Gasteiger partial charge < -0.3 is 10.1 Å². The summed E-state index contributed by atoms with van der Waals surface area (Å²) < 4.78 is 5.92. The van der Waals surface area contributed by atoms with Crippen molar-refractivity contribution in [1.29, 1.82) is 0 Å². The van der Waals surface area contributed by atoms with Gasteiger partial charge in [-0.1, -0.05) is 32.0 Å². The second-order valence-corrected chi connectivity index (χ2v) is 5.60. The third-order valence-electron chi connectivity index (χ3n) is 2.99. The number of nitrogens with zero attached hydrogens (tertiary/aromatic N) is 1. The van der Waals surface area contributed by atoms with Crippen LogP contribution in [-0.2, 0) is 19.6 Å². The van der Waals surface area contributed by atoms with Gasteiger partial charge in [0.05, 0.1) is 10.7 Å². The molecular weight excluding hydrogens is 268 g/mol. The lowest BCUT2D eigenvalue weighted by molar-refractivity contribution is 0.298. The average molecular weight is 290 g/mol. The van der Waals surface area contributed by atoms with Crippen molar-refractivity contribution >= 4 is 11.3 Å². The molecule has 20 heavy (non-hydrogen) atoms. The Kier molecular flexibility index (Phi) is 6.02. The van der Waals surface area contributed by atoms with E-state index in [4.69, 9.17) is 4.74 Å². The van der Waals surface area contributed by atoms with E-state index in [1.54, 1.807) is 11.3 Å². The number of nitrogens with one attached hydrogen (secondary N) is 1. The second kappa shape index (κ2) is 8.02. The largest absolute Gasteiger partial charge is 0.487 e. The molecule has 0 fully saturated rings. The molecule has 1 aromatic heterocycles. The number of hydrogen-bond donors (Lipinski definition) is 1. The third-order valence-corrected chi connectivity index (χ3v) is 4.03. The summed E-state index contributed by atoms with van der Waals surface area (Å²) >= 11 is 1.70. The molecule has 0 unspecified atom stereocenters. The molecule has 1 aromatic carbocycles. The van der Waals surface area contributed by atoms with Gasteiger partial charge in [0.15, 0.2) is 0 Å². The monoisotopic (exact) mass is 290 g/mol. The van der Waals surface area contributed by atoms with Crippen LogP contribution in [0.3, 0.4) is 0 Å². The van der Waals surface area contributed by atoms with Gasteiger partial charge in [-0.15, -0.1) is 11.3 Å². The average Bonchev–Trinajstić information content (AvgIpc) is 2.94. The number of hydrogen-bond acceptors (Lipinski definition) is 4. The Morgan fingerprint density at radius 1 is 1.25 bits per heavy atom. The van der Waals surface area contributed by atoms with Crippen molar-refractivity contribution in [3.63, 3.8) is 0 Å². The van der Waals surface area contributed by atoms with E-state index in [2.05, 4.69) is 35.6 Å². The number of aryl methyl sites for hydroxylation is 1. The van der Waals surface area contributed by atoms with Crippen molar-refractivity contribution in [1.82, 2.24) is 10.3 Å². The maximum absolute atomic E-state index is 5.92. The molecule has 1 heterocycles. The SMILES string of the molecule is CCCNCc1ccccc1OCc1csc(CC)n1. The molecule has 0 atom stereocenters. The molecule has 0 aliphatic carbocycles. The summed E-state index contributed by atoms with van der Waals surface area (Å²) in [7, 11) is 0. The van der Waals surface area contributed by atoms with Crippen LogP contribution in [0.25, 0.3) is 0 Å². The minimum absolute atomic E-state index is 0.543. The number of rotatable bonds is 8. The van der Waals surface area contributed by atoms with Crippen LogP contribution in [0.1, 0.15) is 36.5 Å². The molecule has 2 rings (SSSR count). The highest BCUT2D eigenvalue weighted by Crippen LogP contribution is 2.20. The van der Waals surface area contributed by atoms with Crippen LogP contribution in [0.4, 0.5) is 0 Å². The number of thiazole rings is 1. The Bertz CT molecular complexity index is 525. The van der Waals surface area contributed by atoms with Crippen LogP contribution < -0.4 is 10.1 Å². The summed E-state index contributed by atoms with van der Waals surface area (Å²) in [4.78, 5) is 4.53. The van der Waals surface area contributed by atoms with Gasteiger partial charge in [0.25, 0.3) is 0 Å². The lowest BCUT2D eigenvalue weighted by Crippen LogP contribution is -2.14. The summed E-state index contributed by atoms with van der Waals surface area (Å²) in [6.07, 6.45) is 2.13. The van der Waals surface area contributed by atoms with E-state index in [1.165, 1.54) is 10.6 Å². The van der Waals surface area contributed by atoms with E-state index in [-0.39, 0.29) is 0 Å². The zero-order chi connectivity index (χ0) is 14.2. The maximum Gasteiger partial charge on any atom is 0.131 e. The van der Waals surface area contributed by atoms with Crippen molar-refractivity contribution in [3.05, 3.63) is 45.9 Å². The van der Waals surface area contributed by atoms with Crippen molar-refractivity contribution in [2.75, 3.05) is 6.54 Å². The summed E-state index contributed by atoms with van der Waals surface area (Å²) in [5.41, 5.74) is 2.22.